The number of terminal acetylenes is 1. The van der Waals surface area contributed by atoms with Crippen molar-refractivity contribution in [1.82, 2.24) is 5.32 Å². The Balaban J connectivity index is 1.53. The molecule has 0 unspecified atom stereocenters. The molecular weight excluding hydrogens is 345 g/mol. The van der Waals surface area contributed by atoms with Gasteiger partial charge in [-0.25, -0.2) is 4.39 Å². The minimum Gasteiger partial charge on any atom is -0.481 e. The second kappa shape index (κ2) is 8.72. The second-order valence-electron chi connectivity index (χ2n) is 5.79. The Morgan fingerprint density at radius 1 is 1.11 bits per heavy atom. The van der Waals surface area contributed by atoms with Crippen LogP contribution in [0.4, 0.5) is 4.39 Å². The van der Waals surface area contributed by atoms with Crippen molar-refractivity contribution in [1.29, 1.82) is 0 Å². The fourth-order valence-electron chi connectivity index (χ4n) is 2.55. The number of carbonyl (C=O) groups is 1. The molecule has 3 rings (SSSR count). The highest BCUT2D eigenvalue weighted by Gasteiger charge is 2.13. The molecule has 2 aromatic carbocycles. The fourth-order valence-corrected chi connectivity index (χ4v) is 2.55. The van der Waals surface area contributed by atoms with E-state index in [1.165, 1.54) is 12.1 Å². The number of ether oxygens (including phenoxy) is 1. The summed E-state index contributed by atoms with van der Waals surface area (Å²) in [5.74, 6) is 2.84. The molecule has 1 heterocycles. The lowest BCUT2D eigenvalue weighted by molar-refractivity contribution is 0.0927. The third-order valence-electron chi connectivity index (χ3n) is 3.91. The van der Waals surface area contributed by atoms with Crippen LogP contribution in [0.1, 0.15) is 16.1 Å². The first kappa shape index (κ1) is 18.3. The number of amides is 1. The minimum atomic E-state index is -0.395. The van der Waals surface area contributed by atoms with E-state index in [2.05, 4.69) is 11.2 Å². The molecule has 3 aromatic rings. The van der Waals surface area contributed by atoms with Crippen LogP contribution in [0.2, 0.25) is 0 Å². The molecule has 27 heavy (non-hydrogen) atoms. The number of halogens is 1. The molecule has 4 nitrogen and oxygen atoms in total. The third kappa shape index (κ3) is 4.77. The van der Waals surface area contributed by atoms with Gasteiger partial charge in [0.05, 0.1) is 5.56 Å². The summed E-state index contributed by atoms with van der Waals surface area (Å²) in [5.41, 5.74) is 1.37. The molecule has 0 aliphatic rings. The number of carbonyl (C=O) groups excluding carboxylic acids is 1. The quantitative estimate of drug-likeness (QED) is 0.644. The minimum absolute atomic E-state index is 0.145. The van der Waals surface area contributed by atoms with Gasteiger partial charge in [0.15, 0.2) is 5.76 Å². The average Bonchev–Trinajstić information content (AvgIpc) is 3.18. The number of rotatable bonds is 7. The number of hydrogen-bond acceptors (Lipinski definition) is 3. The highest BCUT2D eigenvalue weighted by molar-refractivity contribution is 5.92. The first-order valence-corrected chi connectivity index (χ1v) is 8.45. The molecule has 0 aliphatic carbocycles. The van der Waals surface area contributed by atoms with Crippen molar-refractivity contribution in [3.05, 3.63) is 77.8 Å². The van der Waals surface area contributed by atoms with Gasteiger partial charge in [-0.2, -0.15) is 0 Å². The number of nitrogens with one attached hydrogen (secondary N) is 1. The number of hydrogen-bond donors (Lipinski definition) is 1. The van der Waals surface area contributed by atoms with Crippen LogP contribution in [0.5, 0.6) is 5.75 Å². The molecular formula is C22H18FNO3. The molecule has 0 bridgehead atoms. The van der Waals surface area contributed by atoms with Gasteiger partial charge in [0.1, 0.15) is 23.9 Å². The van der Waals surface area contributed by atoms with Crippen molar-refractivity contribution >= 4 is 5.91 Å². The van der Waals surface area contributed by atoms with Crippen LogP contribution in [-0.2, 0) is 6.42 Å². The zero-order valence-corrected chi connectivity index (χ0v) is 14.6. The third-order valence-corrected chi connectivity index (χ3v) is 3.91. The summed E-state index contributed by atoms with van der Waals surface area (Å²) in [5, 5.41) is 2.79. The van der Waals surface area contributed by atoms with Gasteiger partial charge >= 0.3 is 0 Å². The number of furan rings is 1. The Labute approximate surface area is 157 Å². The summed E-state index contributed by atoms with van der Waals surface area (Å²) >= 11 is 0. The Hall–Kier alpha value is -3.52. The predicted octanol–water partition coefficient (Wildman–Crippen LogP) is 4.07. The average molecular weight is 363 g/mol. The highest BCUT2D eigenvalue weighted by Crippen LogP contribution is 2.24. The predicted molar refractivity (Wildman–Crippen MR) is 101 cm³/mol. The van der Waals surface area contributed by atoms with Crippen molar-refractivity contribution in [2.75, 3.05) is 13.2 Å². The molecule has 0 saturated heterocycles. The molecule has 5 heteroatoms. The maximum Gasteiger partial charge on any atom is 0.287 e. The standard InChI is InChI=1S/C22H18FNO3/c1-2-15-26-17-9-7-16(8-10-17)13-14-24-22(25)21-12-11-20(27-21)18-5-3-4-6-19(18)23/h1,3-12H,13-15H2,(H,24,25). The van der Waals surface area contributed by atoms with Crippen LogP contribution in [0.15, 0.2) is 65.1 Å². The fraction of sp³-hybridized carbons (Fsp3) is 0.136. The van der Waals surface area contributed by atoms with Crippen molar-refractivity contribution in [3.8, 4) is 29.4 Å². The maximum absolute atomic E-state index is 13.8. The largest absolute Gasteiger partial charge is 0.481 e. The Bertz CT molecular complexity index is 954. The van der Waals surface area contributed by atoms with Gasteiger partial charge < -0.3 is 14.5 Å². The monoisotopic (exact) mass is 363 g/mol. The van der Waals surface area contributed by atoms with E-state index in [1.54, 1.807) is 24.3 Å². The van der Waals surface area contributed by atoms with E-state index in [1.807, 2.05) is 24.3 Å². The number of benzene rings is 2. The first-order valence-electron chi connectivity index (χ1n) is 8.45. The normalized spacial score (nSPS) is 10.2. The molecule has 0 atom stereocenters. The smallest absolute Gasteiger partial charge is 0.287 e. The van der Waals surface area contributed by atoms with Crippen LogP contribution in [0.3, 0.4) is 0 Å². The summed E-state index contributed by atoms with van der Waals surface area (Å²) in [6, 6.07) is 16.9. The SMILES string of the molecule is C#CCOc1ccc(CCNC(=O)c2ccc(-c3ccccc3F)o2)cc1. The lowest BCUT2D eigenvalue weighted by Gasteiger charge is -2.06. The molecule has 1 amide bonds. The first-order chi connectivity index (χ1) is 13.2. The van der Waals surface area contributed by atoms with Crippen molar-refractivity contribution in [2.45, 2.75) is 6.42 Å². The lowest BCUT2D eigenvalue weighted by Crippen LogP contribution is -2.25. The molecule has 136 valence electrons. The van der Waals surface area contributed by atoms with Crippen molar-refractivity contribution < 1.29 is 18.3 Å². The molecule has 0 fully saturated rings. The molecule has 0 saturated carbocycles. The van der Waals surface area contributed by atoms with E-state index in [-0.39, 0.29) is 18.3 Å². The van der Waals surface area contributed by atoms with E-state index in [4.69, 9.17) is 15.6 Å². The summed E-state index contributed by atoms with van der Waals surface area (Å²) < 4.78 is 24.6. The lowest BCUT2D eigenvalue weighted by atomic mass is 10.1. The summed E-state index contributed by atoms with van der Waals surface area (Å²) in [7, 11) is 0. The van der Waals surface area contributed by atoms with Crippen LogP contribution in [0, 0.1) is 18.2 Å². The van der Waals surface area contributed by atoms with Gasteiger partial charge in [-0.1, -0.05) is 30.2 Å². The van der Waals surface area contributed by atoms with Gasteiger partial charge in [-0.05, 0) is 48.4 Å². The zero-order valence-electron chi connectivity index (χ0n) is 14.6. The van der Waals surface area contributed by atoms with Crippen LogP contribution < -0.4 is 10.1 Å². The molecule has 0 radical (unpaired) electrons. The van der Waals surface area contributed by atoms with Gasteiger partial charge in [0.2, 0.25) is 0 Å². The van der Waals surface area contributed by atoms with Crippen molar-refractivity contribution in [3.63, 3.8) is 0 Å². The molecule has 1 aromatic heterocycles. The summed E-state index contributed by atoms with van der Waals surface area (Å²) in [6.45, 7) is 0.673. The van der Waals surface area contributed by atoms with E-state index < -0.39 is 5.82 Å². The zero-order chi connectivity index (χ0) is 19.1. The van der Waals surface area contributed by atoms with E-state index in [0.717, 1.165) is 5.56 Å². The Morgan fingerprint density at radius 3 is 2.63 bits per heavy atom. The second-order valence-corrected chi connectivity index (χ2v) is 5.79. The molecule has 0 aliphatic heterocycles. The summed E-state index contributed by atoms with van der Waals surface area (Å²) in [6.07, 6.45) is 5.80. The Morgan fingerprint density at radius 2 is 1.89 bits per heavy atom. The van der Waals surface area contributed by atoms with E-state index in [0.29, 0.717) is 30.0 Å². The topological polar surface area (TPSA) is 51.5 Å². The van der Waals surface area contributed by atoms with E-state index in [9.17, 15) is 9.18 Å². The van der Waals surface area contributed by atoms with Crippen LogP contribution in [0.25, 0.3) is 11.3 Å². The van der Waals surface area contributed by atoms with Crippen LogP contribution in [-0.4, -0.2) is 19.1 Å². The maximum atomic E-state index is 13.8. The summed E-state index contributed by atoms with van der Waals surface area (Å²) in [4.78, 5) is 12.2. The van der Waals surface area contributed by atoms with Crippen LogP contribution >= 0.6 is 0 Å². The van der Waals surface area contributed by atoms with Gasteiger partial charge in [0, 0.05) is 6.54 Å². The van der Waals surface area contributed by atoms with Gasteiger partial charge in [0.25, 0.3) is 5.91 Å². The van der Waals surface area contributed by atoms with Crippen molar-refractivity contribution in [2.24, 2.45) is 0 Å². The highest BCUT2D eigenvalue weighted by atomic mass is 19.1. The van der Waals surface area contributed by atoms with E-state index >= 15 is 0 Å². The molecule has 0 spiro atoms. The van der Waals surface area contributed by atoms with Gasteiger partial charge in [-0.15, -0.1) is 6.42 Å². The Kier molecular flexibility index (Phi) is 5.91. The van der Waals surface area contributed by atoms with Gasteiger partial charge in [-0.3, -0.25) is 4.79 Å². The molecule has 1 N–H and O–H groups in total.